The van der Waals surface area contributed by atoms with Gasteiger partial charge in [0.05, 0.1) is 21.9 Å². The van der Waals surface area contributed by atoms with Crippen molar-refractivity contribution in [3.05, 3.63) is 29.0 Å². The zero-order chi connectivity index (χ0) is 13.5. The van der Waals surface area contributed by atoms with Gasteiger partial charge in [-0.2, -0.15) is 5.10 Å². The molecule has 2 aromatic rings. The van der Waals surface area contributed by atoms with Gasteiger partial charge < -0.3 is 5.11 Å². The lowest BCUT2D eigenvalue weighted by molar-refractivity contribution is 0.195. The predicted octanol–water partition coefficient (Wildman–Crippen LogP) is 3.38. The van der Waals surface area contributed by atoms with Crippen LogP contribution >= 0.6 is 15.9 Å². The Kier molecular flexibility index (Phi) is 3.06. The first-order valence-electron chi connectivity index (χ1n) is 5.47. The summed E-state index contributed by atoms with van der Waals surface area (Å²) in [5.41, 5.74) is 0.961. The number of pyridine rings is 1. The molecule has 0 radical (unpaired) electrons. The van der Waals surface area contributed by atoms with Gasteiger partial charge in [-0.15, -0.1) is 0 Å². The molecule has 5 nitrogen and oxygen atoms in total. The van der Waals surface area contributed by atoms with Gasteiger partial charge in [0.2, 0.25) is 0 Å². The minimum absolute atomic E-state index is 0.503. The molecular weight excluding hydrogens is 298 g/mol. The van der Waals surface area contributed by atoms with Gasteiger partial charge >= 0.3 is 6.09 Å². The quantitative estimate of drug-likeness (QED) is 0.878. The van der Waals surface area contributed by atoms with Crippen molar-refractivity contribution in [3.8, 4) is 0 Å². The minimum Gasteiger partial charge on any atom is -0.465 e. The SMILES string of the molecule is CC(C)(C)N(C(=O)O)c1ccn2ncc(Br)c2c1. The van der Waals surface area contributed by atoms with Crippen molar-refractivity contribution in [2.24, 2.45) is 0 Å². The molecule has 2 heterocycles. The number of hydrogen-bond acceptors (Lipinski definition) is 2. The molecule has 0 aliphatic carbocycles. The highest BCUT2D eigenvalue weighted by molar-refractivity contribution is 9.10. The van der Waals surface area contributed by atoms with E-state index in [1.165, 1.54) is 4.90 Å². The molecule has 0 fully saturated rings. The summed E-state index contributed by atoms with van der Waals surface area (Å²) in [4.78, 5) is 12.7. The Morgan fingerprint density at radius 3 is 2.72 bits per heavy atom. The van der Waals surface area contributed by atoms with Gasteiger partial charge in [0.1, 0.15) is 0 Å². The lowest BCUT2D eigenvalue weighted by Gasteiger charge is -2.33. The first-order valence-corrected chi connectivity index (χ1v) is 6.26. The number of amides is 1. The van der Waals surface area contributed by atoms with Crippen LogP contribution in [0.1, 0.15) is 20.8 Å². The Hall–Kier alpha value is -1.56. The van der Waals surface area contributed by atoms with Crippen LogP contribution in [0.2, 0.25) is 0 Å². The Labute approximate surface area is 113 Å². The maximum atomic E-state index is 11.4. The molecule has 96 valence electrons. The Morgan fingerprint density at radius 2 is 2.17 bits per heavy atom. The lowest BCUT2D eigenvalue weighted by Crippen LogP contribution is -2.45. The standard InChI is InChI=1S/C12H14BrN3O2/c1-12(2,3)16(11(17)18)8-4-5-15-10(6-8)9(13)7-14-15/h4-7H,1-3H3,(H,17,18). The first kappa shape index (κ1) is 12.9. The molecule has 0 bridgehead atoms. The summed E-state index contributed by atoms with van der Waals surface area (Å²) in [5, 5.41) is 13.5. The molecule has 1 N–H and O–H groups in total. The third-order valence-corrected chi connectivity index (χ3v) is 3.19. The van der Waals surface area contributed by atoms with E-state index in [1.54, 1.807) is 29.0 Å². The van der Waals surface area contributed by atoms with Gasteiger partial charge in [-0.1, -0.05) is 0 Å². The van der Waals surface area contributed by atoms with E-state index in [0.717, 1.165) is 9.99 Å². The van der Waals surface area contributed by atoms with E-state index in [2.05, 4.69) is 21.0 Å². The molecule has 2 rings (SSSR count). The van der Waals surface area contributed by atoms with Crippen molar-refractivity contribution in [3.63, 3.8) is 0 Å². The number of halogens is 1. The van der Waals surface area contributed by atoms with E-state index < -0.39 is 11.6 Å². The fraction of sp³-hybridized carbons (Fsp3) is 0.333. The highest BCUT2D eigenvalue weighted by Gasteiger charge is 2.28. The molecular formula is C12H14BrN3O2. The highest BCUT2D eigenvalue weighted by Crippen LogP contribution is 2.27. The summed E-state index contributed by atoms with van der Waals surface area (Å²) in [6.07, 6.45) is 2.46. The number of fused-ring (bicyclic) bond motifs is 1. The van der Waals surface area contributed by atoms with Gasteiger partial charge in [0, 0.05) is 11.7 Å². The van der Waals surface area contributed by atoms with Crippen LogP contribution in [0.4, 0.5) is 10.5 Å². The average molecular weight is 312 g/mol. The summed E-state index contributed by atoms with van der Waals surface area (Å²) >= 11 is 3.39. The smallest absolute Gasteiger partial charge is 0.412 e. The minimum atomic E-state index is -0.970. The van der Waals surface area contributed by atoms with Crippen molar-refractivity contribution in [1.29, 1.82) is 0 Å². The van der Waals surface area contributed by atoms with E-state index in [-0.39, 0.29) is 0 Å². The summed E-state index contributed by atoms with van der Waals surface area (Å²) < 4.78 is 2.53. The van der Waals surface area contributed by atoms with Crippen molar-refractivity contribution in [2.45, 2.75) is 26.3 Å². The zero-order valence-electron chi connectivity index (χ0n) is 10.4. The second kappa shape index (κ2) is 4.28. The molecule has 0 aliphatic rings. The molecule has 0 spiro atoms. The second-order valence-corrected chi connectivity index (χ2v) is 5.85. The average Bonchev–Trinajstić information content (AvgIpc) is 2.58. The molecule has 1 amide bonds. The highest BCUT2D eigenvalue weighted by atomic mass is 79.9. The van der Waals surface area contributed by atoms with Crippen molar-refractivity contribution < 1.29 is 9.90 Å². The molecule has 18 heavy (non-hydrogen) atoms. The third-order valence-electron chi connectivity index (χ3n) is 2.58. The van der Waals surface area contributed by atoms with Crippen LogP contribution in [0, 0.1) is 0 Å². The number of aromatic nitrogens is 2. The summed E-state index contributed by atoms with van der Waals surface area (Å²) in [6.45, 7) is 5.57. The van der Waals surface area contributed by atoms with Gasteiger partial charge in [0.25, 0.3) is 0 Å². The Morgan fingerprint density at radius 1 is 1.50 bits per heavy atom. The first-order chi connectivity index (χ1) is 8.30. The molecule has 0 unspecified atom stereocenters. The normalized spacial score (nSPS) is 11.8. The van der Waals surface area contributed by atoms with Gasteiger partial charge in [-0.3, -0.25) is 4.90 Å². The molecule has 0 aliphatic heterocycles. The van der Waals surface area contributed by atoms with Crippen LogP contribution in [-0.2, 0) is 0 Å². The summed E-state index contributed by atoms with van der Waals surface area (Å²) in [6, 6.07) is 3.54. The van der Waals surface area contributed by atoms with Crippen molar-refractivity contribution >= 4 is 33.2 Å². The van der Waals surface area contributed by atoms with Crippen LogP contribution in [-0.4, -0.2) is 26.4 Å². The van der Waals surface area contributed by atoms with Crippen LogP contribution in [0.3, 0.4) is 0 Å². The lowest BCUT2D eigenvalue weighted by atomic mass is 10.1. The third kappa shape index (κ3) is 2.20. The van der Waals surface area contributed by atoms with Crippen LogP contribution in [0.25, 0.3) is 5.52 Å². The van der Waals surface area contributed by atoms with Crippen LogP contribution in [0.15, 0.2) is 29.0 Å². The van der Waals surface area contributed by atoms with E-state index in [9.17, 15) is 9.90 Å². The van der Waals surface area contributed by atoms with E-state index >= 15 is 0 Å². The molecule has 0 saturated heterocycles. The Bertz CT molecular complexity index is 601. The number of hydrogen-bond donors (Lipinski definition) is 1. The van der Waals surface area contributed by atoms with Gasteiger partial charge in [-0.25, -0.2) is 9.31 Å². The topological polar surface area (TPSA) is 57.8 Å². The molecule has 0 saturated carbocycles. The van der Waals surface area contributed by atoms with Crippen LogP contribution < -0.4 is 4.90 Å². The predicted molar refractivity (Wildman–Crippen MR) is 73.1 cm³/mol. The number of carboxylic acid groups (broad SMARTS) is 1. The zero-order valence-corrected chi connectivity index (χ0v) is 12.0. The molecule has 0 aromatic carbocycles. The number of anilines is 1. The Balaban J connectivity index is 2.58. The van der Waals surface area contributed by atoms with E-state index in [1.807, 2.05) is 20.8 Å². The van der Waals surface area contributed by atoms with Gasteiger partial charge in [0.15, 0.2) is 0 Å². The monoisotopic (exact) mass is 311 g/mol. The molecule has 2 aromatic heterocycles. The van der Waals surface area contributed by atoms with E-state index in [0.29, 0.717) is 5.69 Å². The number of carbonyl (C=O) groups is 1. The summed E-state index contributed by atoms with van der Waals surface area (Å²) in [7, 11) is 0. The number of rotatable bonds is 1. The van der Waals surface area contributed by atoms with E-state index in [4.69, 9.17) is 0 Å². The maximum absolute atomic E-state index is 11.4. The van der Waals surface area contributed by atoms with Crippen molar-refractivity contribution in [2.75, 3.05) is 4.90 Å². The molecule has 0 atom stereocenters. The fourth-order valence-corrected chi connectivity index (χ4v) is 2.25. The van der Waals surface area contributed by atoms with Crippen molar-refractivity contribution in [1.82, 2.24) is 9.61 Å². The second-order valence-electron chi connectivity index (χ2n) is 5.00. The van der Waals surface area contributed by atoms with Crippen LogP contribution in [0.5, 0.6) is 0 Å². The largest absolute Gasteiger partial charge is 0.465 e. The molecule has 6 heteroatoms. The summed E-state index contributed by atoms with van der Waals surface area (Å²) in [5.74, 6) is 0. The van der Waals surface area contributed by atoms with Gasteiger partial charge in [-0.05, 0) is 48.8 Å². The number of nitrogens with zero attached hydrogens (tertiary/aromatic N) is 3. The fourth-order valence-electron chi connectivity index (χ4n) is 1.86. The maximum Gasteiger partial charge on any atom is 0.412 e.